The number of nitrogens with one attached hydrogen (secondary N) is 1. The summed E-state index contributed by atoms with van der Waals surface area (Å²) in [5.41, 5.74) is 8.91. The molecule has 1 N–H and O–H groups in total. The van der Waals surface area contributed by atoms with Gasteiger partial charge in [-0.05, 0) is 58.4 Å². The number of hydrogen-bond acceptors (Lipinski definition) is 3. The molecule has 2 aliphatic heterocycles. The van der Waals surface area contributed by atoms with E-state index in [1.807, 2.05) is 60.7 Å². The van der Waals surface area contributed by atoms with Crippen LogP contribution in [0.5, 0.6) is 0 Å². The molecule has 0 aromatic heterocycles. The largest absolute Gasteiger partial charge is 0.449 e. The van der Waals surface area contributed by atoms with Crippen LogP contribution in [0, 0.1) is 0 Å². The molecule has 4 aromatic rings. The third-order valence-electron chi connectivity index (χ3n) is 7.89. The number of rotatable bonds is 6. The van der Waals surface area contributed by atoms with Crippen molar-refractivity contribution in [3.63, 3.8) is 0 Å². The van der Waals surface area contributed by atoms with E-state index in [2.05, 4.69) is 66.0 Å². The maximum Gasteiger partial charge on any atom is 0.449 e. The summed E-state index contributed by atoms with van der Waals surface area (Å²) in [7, 11) is 0. The second-order valence-corrected chi connectivity index (χ2v) is 11.0. The number of halogens is 3. The van der Waals surface area contributed by atoms with Crippen molar-refractivity contribution in [1.82, 2.24) is 0 Å². The molecule has 4 aromatic carbocycles. The molecule has 45 heavy (non-hydrogen) atoms. The first-order chi connectivity index (χ1) is 21.8. The van der Waals surface area contributed by atoms with Crippen molar-refractivity contribution in [2.45, 2.75) is 51.4 Å². The molecule has 0 unspecified atom stereocenters. The van der Waals surface area contributed by atoms with Gasteiger partial charge in [-0.1, -0.05) is 116 Å². The summed E-state index contributed by atoms with van der Waals surface area (Å²) in [6.45, 7) is 1.32. The summed E-state index contributed by atoms with van der Waals surface area (Å²) in [5.74, 6) is -1.78. The Bertz CT molecular complexity index is 1660. The van der Waals surface area contributed by atoms with E-state index in [9.17, 15) is 22.8 Å². The predicted octanol–water partition coefficient (Wildman–Crippen LogP) is 9.57. The monoisotopic (exact) mass is 608 g/mol. The Balaban J connectivity index is 0.000000209. The Hall–Kier alpha value is -4.91. The molecule has 0 fully saturated rings. The fourth-order valence-corrected chi connectivity index (χ4v) is 5.42. The van der Waals surface area contributed by atoms with E-state index in [4.69, 9.17) is 0 Å². The summed E-state index contributed by atoms with van der Waals surface area (Å²) in [6.07, 6.45) is 4.28. The van der Waals surface area contributed by atoms with Crippen molar-refractivity contribution in [2.75, 3.05) is 10.2 Å². The smallest absolute Gasteiger partial charge is 0.380 e. The van der Waals surface area contributed by atoms with E-state index in [-0.39, 0.29) is 18.7 Å². The number of carbonyl (C=O) groups excluding carboxylic acids is 2. The van der Waals surface area contributed by atoms with E-state index in [0.717, 1.165) is 28.9 Å². The summed E-state index contributed by atoms with van der Waals surface area (Å²) in [4.78, 5) is 25.6. The fourth-order valence-electron chi connectivity index (χ4n) is 5.42. The van der Waals surface area contributed by atoms with Crippen molar-refractivity contribution < 1.29 is 22.8 Å². The molecule has 6 rings (SSSR count). The van der Waals surface area contributed by atoms with Crippen LogP contribution in [0.1, 0.15) is 65.5 Å². The van der Waals surface area contributed by atoms with Crippen LogP contribution < -0.4 is 10.2 Å². The second kappa shape index (κ2) is 14.7. The molecular weight excluding hydrogens is 573 g/mol. The van der Waals surface area contributed by atoms with Gasteiger partial charge in [0.05, 0.1) is 12.2 Å². The van der Waals surface area contributed by atoms with Crippen molar-refractivity contribution in [1.29, 1.82) is 0 Å². The topological polar surface area (TPSA) is 49.4 Å². The molecule has 1 amide bonds. The van der Waals surface area contributed by atoms with E-state index in [0.29, 0.717) is 19.4 Å². The molecule has 4 nitrogen and oxygen atoms in total. The van der Waals surface area contributed by atoms with Gasteiger partial charge < -0.3 is 10.2 Å². The molecular formula is C38H35F3N2O2. The number of benzene rings is 4. The zero-order chi connectivity index (χ0) is 31.6. The van der Waals surface area contributed by atoms with Gasteiger partial charge in [-0.3, -0.25) is 9.59 Å². The summed E-state index contributed by atoms with van der Waals surface area (Å²) >= 11 is 0. The number of amides is 1. The Kier molecular flexibility index (Phi) is 10.3. The molecule has 2 aliphatic rings. The first kappa shape index (κ1) is 31.5. The maximum atomic E-state index is 12.9. The Morgan fingerprint density at radius 2 is 1.16 bits per heavy atom. The molecule has 0 atom stereocenters. The van der Waals surface area contributed by atoms with Crippen molar-refractivity contribution in [2.24, 2.45) is 0 Å². The second-order valence-electron chi connectivity index (χ2n) is 11.0. The number of para-hydroxylation sites is 2. The average molecular weight is 609 g/mol. The van der Waals surface area contributed by atoms with Crippen LogP contribution in [0.4, 0.5) is 24.5 Å². The van der Waals surface area contributed by atoms with Crippen molar-refractivity contribution >= 4 is 47.4 Å². The Morgan fingerprint density at radius 1 is 0.622 bits per heavy atom. The van der Waals surface area contributed by atoms with Gasteiger partial charge in [0.25, 0.3) is 0 Å². The molecule has 0 bridgehead atoms. The average Bonchev–Trinajstić information content (AvgIpc) is 3.03. The van der Waals surface area contributed by atoms with E-state index in [1.54, 1.807) is 4.90 Å². The van der Waals surface area contributed by atoms with Crippen LogP contribution in [0.25, 0.3) is 24.3 Å². The van der Waals surface area contributed by atoms with E-state index < -0.39 is 18.4 Å². The Labute approximate surface area is 261 Å². The number of hydrogen-bond donors (Lipinski definition) is 1. The van der Waals surface area contributed by atoms with E-state index >= 15 is 0 Å². The van der Waals surface area contributed by atoms with Gasteiger partial charge in [-0.2, -0.15) is 13.2 Å². The highest BCUT2D eigenvalue weighted by Crippen LogP contribution is 2.30. The van der Waals surface area contributed by atoms with Gasteiger partial charge in [-0.15, -0.1) is 0 Å². The minimum atomic E-state index is -4.77. The van der Waals surface area contributed by atoms with Gasteiger partial charge in [-0.25, -0.2) is 0 Å². The molecule has 0 spiro atoms. The first-order valence-electron chi connectivity index (χ1n) is 15.1. The number of fused-ring (bicyclic) bond motifs is 4. The molecule has 7 heteroatoms. The van der Waals surface area contributed by atoms with Gasteiger partial charge >= 0.3 is 6.18 Å². The van der Waals surface area contributed by atoms with Crippen molar-refractivity contribution in [3.05, 3.63) is 130 Å². The fraction of sp³-hybridized carbons (Fsp3) is 0.211. The lowest BCUT2D eigenvalue weighted by Crippen LogP contribution is -2.31. The standard InChI is InChI=1S/C23H22F3NO2.C15H13N/c24-23(25,26)21(28)12-2-1-3-13-22(29)27-16-19-10-5-4-8-17(19)14-15-18-9-6-7-11-20(18)27;1-2-7-14-11-16-15-8-4-3-6-13(15)10-9-12(14)5-1/h4-11,14-15H,1-3,12-13,16H2;1-10,16H,11H2/b15-14-;10-9-. The summed E-state index contributed by atoms with van der Waals surface area (Å²) < 4.78 is 36.7. The number of carbonyl (C=O) groups is 2. The van der Waals surface area contributed by atoms with Crippen LogP contribution in [-0.4, -0.2) is 17.9 Å². The molecule has 0 radical (unpaired) electrons. The third kappa shape index (κ3) is 8.38. The third-order valence-corrected chi connectivity index (χ3v) is 7.89. The zero-order valence-corrected chi connectivity index (χ0v) is 24.9. The number of alkyl halides is 3. The lowest BCUT2D eigenvalue weighted by molar-refractivity contribution is -0.171. The highest BCUT2D eigenvalue weighted by Gasteiger charge is 2.37. The number of ketones is 1. The molecule has 2 heterocycles. The minimum Gasteiger partial charge on any atom is -0.380 e. The first-order valence-corrected chi connectivity index (χ1v) is 15.1. The SMILES string of the molecule is C1=C\c2ccccc2NCc2ccccc2/1.O=C(CCCCCC(=O)C(F)(F)F)N1Cc2ccccc2/C=C\c2ccccc21. The number of Topliss-reactive ketones (excluding diaryl/α,β-unsaturated/α-hetero) is 1. The lowest BCUT2D eigenvalue weighted by atomic mass is 10.0. The van der Waals surface area contributed by atoms with Gasteiger partial charge in [0.2, 0.25) is 11.7 Å². The zero-order valence-electron chi connectivity index (χ0n) is 24.9. The molecule has 0 saturated heterocycles. The maximum absolute atomic E-state index is 12.9. The molecule has 230 valence electrons. The van der Waals surface area contributed by atoms with Crippen LogP contribution in [0.3, 0.4) is 0 Å². The Morgan fingerprint density at radius 3 is 1.89 bits per heavy atom. The van der Waals surface area contributed by atoms with Crippen LogP contribution in [0.15, 0.2) is 97.1 Å². The number of anilines is 2. The predicted molar refractivity (Wildman–Crippen MR) is 176 cm³/mol. The normalized spacial score (nSPS) is 14.6. The van der Waals surface area contributed by atoms with Crippen LogP contribution in [-0.2, 0) is 22.7 Å². The summed E-state index contributed by atoms with van der Waals surface area (Å²) in [5, 5.41) is 3.47. The van der Waals surface area contributed by atoms with Gasteiger partial charge in [0.15, 0.2) is 0 Å². The lowest BCUT2D eigenvalue weighted by Gasteiger charge is -2.27. The molecule has 0 aliphatic carbocycles. The summed E-state index contributed by atoms with van der Waals surface area (Å²) in [6, 6.07) is 32.4. The molecule has 0 saturated carbocycles. The van der Waals surface area contributed by atoms with Crippen LogP contribution >= 0.6 is 0 Å². The number of unbranched alkanes of at least 4 members (excludes halogenated alkanes) is 2. The van der Waals surface area contributed by atoms with Crippen molar-refractivity contribution in [3.8, 4) is 0 Å². The van der Waals surface area contributed by atoms with E-state index in [1.165, 1.54) is 22.4 Å². The van der Waals surface area contributed by atoms with Gasteiger partial charge in [0, 0.05) is 25.1 Å². The minimum absolute atomic E-state index is 0.0790. The number of nitrogens with zero attached hydrogens (tertiary/aromatic N) is 1. The quantitative estimate of drug-likeness (QED) is 0.222. The van der Waals surface area contributed by atoms with Crippen LogP contribution in [0.2, 0.25) is 0 Å². The van der Waals surface area contributed by atoms with Gasteiger partial charge in [0.1, 0.15) is 0 Å². The highest BCUT2D eigenvalue weighted by molar-refractivity contribution is 5.97. The highest BCUT2D eigenvalue weighted by atomic mass is 19.4.